The van der Waals surface area contributed by atoms with Crippen LogP contribution in [0.25, 0.3) is 11.1 Å². The maximum Gasteiger partial charge on any atom is 0.414 e. The van der Waals surface area contributed by atoms with Crippen LogP contribution in [-0.2, 0) is 11.3 Å². The zero-order chi connectivity index (χ0) is 28.2. The van der Waals surface area contributed by atoms with Crippen molar-refractivity contribution < 1.29 is 24.2 Å². The van der Waals surface area contributed by atoms with Crippen molar-refractivity contribution in [1.82, 2.24) is 9.78 Å². The van der Waals surface area contributed by atoms with E-state index in [9.17, 15) is 14.7 Å². The smallest absolute Gasteiger partial charge is 0.414 e. The van der Waals surface area contributed by atoms with Crippen LogP contribution < -0.4 is 9.64 Å². The molecule has 40 heavy (non-hydrogen) atoms. The lowest BCUT2D eigenvalue weighted by molar-refractivity contribution is 0.0697. The summed E-state index contributed by atoms with van der Waals surface area (Å²) >= 11 is 14.1. The van der Waals surface area contributed by atoms with Gasteiger partial charge in [0, 0.05) is 45.1 Å². The van der Waals surface area contributed by atoms with E-state index in [-0.39, 0.29) is 23.8 Å². The zero-order valence-electron chi connectivity index (χ0n) is 21.5. The van der Waals surface area contributed by atoms with Gasteiger partial charge in [0.05, 0.1) is 29.0 Å². The largest absolute Gasteiger partial charge is 0.490 e. The van der Waals surface area contributed by atoms with Gasteiger partial charge in [-0.25, -0.2) is 9.59 Å². The van der Waals surface area contributed by atoms with Gasteiger partial charge < -0.3 is 14.6 Å². The standard InChI is InChI=1S/C29H25Cl2N3O5S/c1-18-23(30)8-4-10-25(18)38-12-13-39-29(37)34-11-14-40-27-21(6-3-9-24(27)34)20-15-32-33(17-20)16-19-5-2-7-22(26(19)31)28(35)36/h2-10,15,17H,11-14,16H2,1H3,(H,35,36). The Kier molecular flexibility index (Phi) is 8.54. The highest BCUT2D eigenvalue weighted by molar-refractivity contribution is 7.99. The SMILES string of the molecule is Cc1c(Cl)cccc1OCCOC(=O)N1CCSc2c(-c3cnn(Cc4cccc(C(=O)O)c4Cl)c3)cccc21. The number of hydrogen-bond donors (Lipinski definition) is 1. The average Bonchev–Trinajstić information content (AvgIpc) is 3.41. The topological polar surface area (TPSA) is 93.9 Å². The van der Waals surface area contributed by atoms with Gasteiger partial charge in [-0.05, 0) is 36.8 Å². The number of fused-ring (bicyclic) bond motifs is 1. The molecule has 3 aromatic carbocycles. The van der Waals surface area contributed by atoms with Gasteiger partial charge in [0.1, 0.15) is 19.0 Å². The molecule has 1 aromatic heterocycles. The molecule has 0 unspecified atom stereocenters. The summed E-state index contributed by atoms with van der Waals surface area (Å²) in [5.74, 6) is 0.293. The van der Waals surface area contributed by atoms with Gasteiger partial charge in [-0.15, -0.1) is 11.8 Å². The summed E-state index contributed by atoms with van der Waals surface area (Å²) in [7, 11) is 0. The van der Waals surface area contributed by atoms with E-state index in [2.05, 4.69) is 5.10 Å². The fourth-order valence-electron chi connectivity index (χ4n) is 4.40. The Hall–Kier alpha value is -3.66. The molecule has 206 valence electrons. The third-order valence-corrected chi connectivity index (χ3v) is 8.40. The molecule has 2 heterocycles. The van der Waals surface area contributed by atoms with Crippen LogP contribution in [-0.4, -0.2) is 52.5 Å². The molecule has 4 aromatic rings. The van der Waals surface area contributed by atoms with Crippen molar-refractivity contribution in [3.8, 4) is 16.9 Å². The van der Waals surface area contributed by atoms with Crippen LogP contribution in [0.5, 0.6) is 5.75 Å². The lowest BCUT2D eigenvalue weighted by Gasteiger charge is -2.29. The second kappa shape index (κ2) is 12.2. The Morgan fingerprint density at radius 2 is 1.88 bits per heavy atom. The first kappa shape index (κ1) is 27.9. The summed E-state index contributed by atoms with van der Waals surface area (Å²) in [6.45, 7) is 3.02. The fraction of sp³-hybridized carbons (Fsp3) is 0.207. The molecule has 0 radical (unpaired) electrons. The van der Waals surface area contributed by atoms with Gasteiger partial charge >= 0.3 is 12.1 Å². The Bertz CT molecular complexity index is 1580. The van der Waals surface area contributed by atoms with Crippen LogP contribution >= 0.6 is 35.0 Å². The van der Waals surface area contributed by atoms with Gasteiger partial charge in [0.2, 0.25) is 0 Å². The third-order valence-electron chi connectivity index (χ3n) is 6.44. The van der Waals surface area contributed by atoms with E-state index in [1.807, 2.05) is 43.5 Å². The van der Waals surface area contributed by atoms with Crippen LogP contribution in [0.4, 0.5) is 10.5 Å². The van der Waals surface area contributed by atoms with Crippen molar-refractivity contribution in [3.63, 3.8) is 0 Å². The van der Waals surface area contributed by atoms with E-state index in [1.54, 1.807) is 45.7 Å². The quantitative estimate of drug-likeness (QED) is 0.218. The molecule has 0 aliphatic carbocycles. The maximum absolute atomic E-state index is 13.0. The minimum Gasteiger partial charge on any atom is -0.490 e. The van der Waals surface area contributed by atoms with Crippen LogP contribution in [0.15, 0.2) is 71.9 Å². The summed E-state index contributed by atoms with van der Waals surface area (Å²) in [6.07, 6.45) is 3.19. The monoisotopic (exact) mass is 597 g/mol. The summed E-state index contributed by atoms with van der Waals surface area (Å²) in [6, 6.07) is 16.1. The van der Waals surface area contributed by atoms with E-state index in [4.69, 9.17) is 32.7 Å². The average molecular weight is 599 g/mol. The summed E-state index contributed by atoms with van der Waals surface area (Å²) < 4.78 is 13.0. The van der Waals surface area contributed by atoms with Crippen LogP contribution in [0.3, 0.4) is 0 Å². The van der Waals surface area contributed by atoms with Crippen molar-refractivity contribution >= 4 is 52.7 Å². The van der Waals surface area contributed by atoms with Crippen molar-refractivity contribution in [2.75, 3.05) is 30.4 Å². The number of aromatic carboxylic acids is 1. The van der Waals surface area contributed by atoms with Gasteiger partial charge in [-0.1, -0.05) is 53.5 Å². The summed E-state index contributed by atoms with van der Waals surface area (Å²) in [5, 5.41) is 14.6. The van der Waals surface area contributed by atoms with E-state index in [0.717, 1.165) is 27.3 Å². The molecule has 0 atom stereocenters. The predicted octanol–water partition coefficient (Wildman–Crippen LogP) is 7.04. The molecular weight excluding hydrogens is 573 g/mol. The number of amides is 1. The number of aromatic nitrogens is 2. The number of carboxylic acids is 1. The minimum atomic E-state index is -1.08. The highest BCUT2D eigenvalue weighted by Crippen LogP contribution is 2.42. The van der Waals surface area contributed by atoms with Gasteiger partial charge in [0.15, 0.2) is 0 Å². The molecule has 1 aliphatic heterocycles. The predicted molar refractivity (Wildman–Crippen MR) is 156 cm³/mol. The minimum absolute atomic E-state index is 0.0539. The highest BCUT2D eigenvalue weighted by atomic mass is 35.5. The van der Waals surface area contributed by atoms with Gasteiger partial charge in [-0.2, -0.15) is 5.10 Å². The molecule has 0 saturated heterocycles. The first-order valence-electron chi connectivity index (χ1n) is 12.4. The molecule has 0 fully saturated rings. The molecule has 0 saturated carbocycles. The number of rotatable bonds is 8. The number of anilines is 1. The molecule has 5 rings (SSSR count). The normalized spacial score (nSPS) is 12.6. The number of carboxylic acid groups (broad SMARTS) is 1. The van der Waals surface area contributed by atoms with Crippen molar-refractivity contribution in [2.45, 2.75) is 18.4 Å². The molecule has 1 aliphatic rings. The van der Waals surface area contributed by atoms with Crippen LogP contribution in [0.2, 0.25) is 10.0 Å². The second-order valence-electron chi connectivity index (χ2n) is 8.99. The lowest BCUT2D eigenvalue weighted by atomic mass is 10.1. The van der Waals surface area contributed by atoms with E-state index in [1.165, 1.54) is 6.07 Å². The van der Waals surface area contributed by atoms with E-state index in [0.29, 0.717) is 35.2 Å². The zero-order valence-corrected chi connectivity index (χ0v) is 23.8. The maximum atomic E-state index is 13.0. The molecule has 1 amide bonds. The second-order valence-corrected chi connectivity index (χ2v) is 10.9. The number of carbonyl (C=O) groups is 2. The first-order chi connectivity index (χ1) is 19.3. The van der Waals surface area contributed by atoms with E-state index < -0.39 is 12.1 Å². The fourth-order valence-corrected chi connectivity index (χ4v) is 5.98. The lowest BCUT2D eigenvalue weighted by Crippen LogP contribution is -2.36. The molecule has 11 heteroatoms. The number of benzene rings is 3. The van der Waals surface area contributed by atoms with Crippen LogP contribution in [0.1, 0.15) is 21.5 Å². The third kappa shape index (κ3) is 5.91. The molecular formula is C29H25Cl2N3O5S. The summed E-state index contributed by atoms with van der Waals surface area (Å²) in [5.41, 5.74) is 4.13. The van der Waals surface area contributed by atoms with Crippen LogP contribution in [0, 0.1) is 6.92 Å². The molecule has 0 bridgehead atoms. The number of ether oxygens (including phenoxy) is 2. The van der Waals surface area contributed by atoms with Gasteiger partial charge in [0.25, 0.3) is 0 Å². The van der Waals surface area contributed by atoms with Crippen molar-refractivity contribution in [3.05, 3.63) is 93.7 Å². The summed E-state index contributed by atoms with van der Waals surface area (Å²) in [4.78, 5) is 27.0. The highest BCUT2D eigenvalue weighted by Gasteiger charge is 2.27. The Morgan fingerprint density at radius 1 is 1.07 bits per heavy atom. The number of carbonyl (C=O) groups excluding carboxylic acids is 1. The number of halogens is 2. The van der Waals surface area contributed by atoms with Crippen molar-refractivity contribution in [1.29, 1.82) is 0 Å². The molecule has 8 nitrogen and oxygen atoms in total. The van der Waals surface area contributed by atoms with Crippen molar-refractivity contribution in [2.24, 2.45) is 0 Å². The Labute approximate surface area is 245 Å². The molecule has 0 spiro atoms. The number of hydrogen-bond acceptors (Lipinski definition) is 6. The van der Waals surface area contributed by atoms with Gasteiger partial charge in [-0.3, -0.25) is 9.58 Å². The number of nitrogens with zero attached hydrogens (tertiary/aromatic N) is 3. The molecule has 1 N–H and O–H groups in total. The van der Waals surface area contributed by atoms with E-state index >= 15 is 0 Å². The number of thioether (sulfide) groups is 1. The first-order valence-corrected chi connectivity index (χ1v) is 14.2. The Morgan fingerprint density at radius 3 is 2.70 bits per heavy atom. The Balaban J connectivity index is 1.27.